The summed E-state index contributed by atoms with van der Waals surface area (Å²) in [6.45, 7) is -0.188. The van der Waals surface area contributed by atoms with Gasteiger partial charge in [-0.2, -0.15) is 0 Å². The summed E-state index contributed by atoms with van der Waals surface area (Å²) in [4.78, 5) is 28.5. The van der Waals surface area contributed by atoms with Crippen molar-refractivity contribution in [2.24, 2.45) is 0 Å². The quantitative estimate of drug-likeness (QED) is 0.671. The van der Waals surface area contributed by atoms with E-state index >= 15 is 0 Å². The number of ether oxygens (including phenoxy) is 2. The van der Waals surface area contributed by atoms with Crippen LogP contribution in [0.25, 0.3) is 5.65 Å². The van der Waals surface area contributed by atoms with Crippen LogP contribution >= 0.6 is 15.9 Å². The van der Waals surface area contributed by atoms with E-state index in [0.717, 1.165) is 4.47 Å². The number of methoxy groups -OCH3 is 1. The molecule has 7 nitrogen and oxygen atoms in total. The Morgan fingerprint density at radius 2 is 2.08 bits per heavy atom. The highest BCUT2D eigenvalue weighted by molar-refractivity contribution is 9.10. The van der Waals surface area contributed by atoms with Crippen molar-refractivity contribution in [3.8, 4) is 11.5 Å². The first kappa shape index (κ1) is 17.0. The van der Waals surface area contributed by atoms with Gasteiger partial charge >= 0.3 is 5.97 Å². The number of aromatic nitrogens is 2. The molecular formula is C17H13BrN2O5. The molecule has 0 saturated carbocycles. The summed E-state index contributed by atoms with van der Waals surface area (Å²) in [5, 5.41) is 9.85. The molecule has 0 atom stereocenters. The molecule has 128 valence electrons. The van der Waals surface area contributed by atoms with Crippen LogP contribution in [0.5, 0.6) is 11.5 Å². The fourth-order valence-corrected chi connectivity index (χ4v) is 2.57. The lowest BCUT2D eigenvalue weighted by Gasteiger charge is -2.08. The Morgan fingerprint density at radius 3 is 2.80 bits per heavy atom. The van der Waals surface area contributed by atoms with Gasteiger partial charge in [-0.15, -0.1) is 0 Å². The molecule has 0 aliphatic heterocycles. The summed E-state index contributed by atoms with van der Waals surface area (Å²) in [7, 11) is 1.45. The van der Waals surface area contributed by atoms with Gasteiger partial charge in [-0.25, -0.2) is 9.78 Å². The molecule has 0 spiro atoms. The van der Waals surface area contributed by atoms with Crippen molar-refractivity contribution in [3.05, 3.63) is 68.7 Å². The van der Waals surface area contributed by atoms with Gasteiger partial charge in [0.2, 0.25) is 0 Å². The molecule has 0 fully saturated rings. The van der Waals surface area contributed by atoms with Crippen LogP contribution in [-0.4, -0.2) is 27.6 Å². The van der Waals surface area contributed by atoms with E-state index < -0.39 is 5.97 Å². The summed E-state index contributed by atoms with van der Waals surface area (Å²) in [6, 6.07) is 8.97. The van der Waals surface area contributed by atoms with Crippen LogP contribution in [0.3, 0.4) is 0 Å². The first-order chi connectivity index (χ1) is 12.0. The lowest BCUT2D eigenvalue weighted by molar-refractivity contribution is 0.0464. The molecule has 1 N–H and O–H groups in total. The van der Waals surface area contributed by atoms with E-state index in [1.165, 1.54) is 35.8 Å². The van der Waals surface area contributed by atoms with Crippen LogP contribution in [0.15, 0.2) is 51.9 Å². The number of carbonyl (C=O) groups excluding carboxylic acids is 1. The number of benzene rings is 1. The SMILES string of the molecule is COc1ccc(C(=O)OCc2cc(=O)n3cc(Br)ccc3n2)c(O)c1. The van der Waals surface area contributed by atoms with Gasteiger partial charge in [0.05, 0.1) is 12.8 Å². The van der Waals surface area contributed by atoms with Gasteiger partial charge in [-0.05, 0) is 40.2 Å². The zero-order valence-electron chi connectivity index (χ0n) is 13.1. The summed E-state index contributed by atoms with van der Waals surface area (Å²) >= 11 is 3.29. The molecule has 1 aromatic carbocycles. The Hall–Kier alpha value is -2.87. The Kier molecular flexibility index (Phi) is 4.71. The maximum atomic E-state index is 12.1. The summed E-state index contributed by atoms with van der Waals surface area (Å²) in [5.74, 6) is -0.553. The number of halogens is 1. The van der Waals surface area contributed by atoms with Gasteiger partial charge in [0.15, 0.2) is 0 Å². The van der Waals surface area contributed by atoms with Gasteiger partial charge in [-0.3, -0.25) is 9.20 Å². The lowest BCUT2D eigenvalue weighted by atomic mass is 10.2. The van der Waals surface area contributed by atoms with Crippen molar-refractivity contribution in [2.45, 2.75) is 6.61 Å². The van der Waals surface area contributed by atoms with Crippen molar-refractivity contribution in [1.29, 1.82) is 0 Å². The monoisotopic (exact) mass is 404 g/mol. The second-order valence-electron chi connectivity index (χ2n) is 5.12. The third-order valence-corrected chi connectivity index (χ3v) is 3.92. The highest BCUT2D eigenvalue weighted by Gasteiger charge is 2.14. The highest BCUT2D eigenvalue weighted by Crippen LogP contribution is 2.24. The van der Waals surface area contributed by atoms with Gasteiger partial charge in [-0.1, -0.05) is 0 Å². The smallest absolute Gasteiger partial charge is 0.342 e. The maximum absolute atomic E-state index is 12.1. The highest BCUT2D eigenvalue weighted by atomic mass is 79.9. The molecule has 0 bridgehead atoms. The predicted molar refractivity (Wildman–Crippen MR) is 92.9 cm³/mol. The molecule has 0 saturated heterocycles. The lowest BCUT2D eigenvalue weighted by Crippen LogP contribution is -2.16. The Morgan fingerprint density at radius 1 is 1.28 bits per heavy atom. The van der Waals surface area contributed by atoms with Crippen LogP contribution in [0.2, 0.25) is 0 Å². The van der Waals surface area contributed by atoms with E-state index in [2.05, 4.69) is 20.9 Å². The Bertz CT molecular complexity index is 1020. The van der Waals surface area contributed by atoms with Crippen molar-refractivity contribution in [1.82, 2.24) is 9.38 Å². The molecule has 3 aromatic rings. The minimum atomic E-state index is -0.724. The van der Waals surface area contributed by atoms with Crippen LogP contribution in [0.1, 0.15) is 16.1 Å². The standard InChI is InChI=1S/C17H13BrN2O5/c1-24-12-3-4-13(14(21)7-12)17(23)25-9-11-6-16(22)20-8-10(18)2-5-15(20)19-11/h2-8,21H,9H2,1H3. The molecule has 0 unspecified atom stereocenters. The number of pyridine rings is 1. The van der Waals surface area contributed by atoms with Gasteiger partial charge in [0.1, 0.15) is 29.3 Å². The molecule has 0 amide bonds. The number of aromatic hydroxyl groups is 1. The first-order valence-electron chi connectivity index (χ1n) is 7.20. The van der Waals surface area contributed by atoms with Gasteiger partial charge in [0, 0.05) is 22.8 Å². The predicted octanol–water partition coefficient (Wildman–Crippen LogP) is 2.53. The van der Waals surface area contributed by atoms with E-state index in [0.29, 0.717) is 17.1 Å². The topological polar surface area (TPSA) is 90.1 Å². The van der Waals surface area contributed by atoms with Crippen LogP contribution in [-0.2, 0) is 11.3 Å². The minimum absolute atomic E-state index is 0.00208. The number of hydrogen-bond acceptors (Lipinski definition) is 6. The molecular weight excluding hydrogens is 392 g/mol. The number of nitrogens with zero attached hydrogens (tertiary/aromatic N) is 2. The number of hydrogen-bond donors (Lipinski definition) is 1. The number of fused-ring (bicyclic) bond motifs is 1. The number of rotatable bonds is 4. The van der Waals surface area contributed by atoms with Crippen molar-refractivity contribution in [2.75, 3.05) is 7.11 Å². The number of carbonyl (C=O) groups is 1. The summed E-state index contributed by atoms with van der Waals surface area (Å²) < 4.78 is 12.2. The molecule has 2 heterocycles. The van der Waals surface area contributed by atoms with Crippen molar-refractivity contribution >= 4 is 27.5 Å². The second kappa shape index (κ2) is 6.94. The molecule has 0 aliphatic rings. The summed E-state index contributed by atoms with van der Waals surface area (Å²) in [5.41, 5.74) is 0.467. The molecule has 3 rings (SSSR count). The normalized spacial score (nSPS) is 10.6. The average Bonchev–Trinajstić information content (AvgIpc) is 2.60. The zero-order valence-corrected chi connectivity index (χ0v) is 14.7. The van der Waals surface area contributed by atoms with E-state index in [1.807, 2.05) is 0 Å². The fraction of sp³-hybridized carbons (Fsp3) is 0.118. The van der Waals surface area contributed by atoms with Crippen molar-refractivity contribution < 1.29 is 19.4 Å². The number of esters is 1. The van der Waals surface area contributed by atoms with Crippen molar-refractivity contribution in [3.63, 3.8) is 0 Å². The minimum Gasteiger partial charge on any atom is -0.507 e. The number of phenols is 1. The van der Waals surface area contributed by atoms with Gasteiger partial charge < -0.3 is 14.6 Å². The third kappa shape index (κ3) is 3.63. The Labute approximate surface area is 150 Å². The molecule has 2 aromatic heterocycles. The largest absolute Gasteiger partial charge is 0.507 e. The van der Waals surface area contributed by atoms with Crippen LogP contribution in [0.4, 0.5) is 0 Å². The van der Waals surface area contributed by atoms with E-state index in [9.17, 15) is 14.7 Å². The second-order valence-corrected chi connectivity index (χ2v) is 6.04. The molecule has 8 heteroatoms. The van der Waals surface area contributed by atoms with E-state index in [4.69, 9.17) is 9.47 Å². The fourth-order valence-electron chi connectivity index (χ4n) is 2.23. The van der Waals surface area contributed by atoms with E-state index in [1.54, 1.807) is 18.3 Å². The maximum Gasteiger partial charge on any atom is 0.342 e. The average molecular weight is 405 g/mol. The first-order valence-corrected chi connectivity index (χ1v) is 7.99. The summed E-state index contributed by atoms with van der Waals surface area (Å²) in [6.07, 6.45) is 1.61. The molecule has 25 heavy (non-hydrogen) atoms. The number of phenolic OH excluding ortho intramolecular Hbond substituents is 1. The van der Waals surface area contributed by atoms with E-state index in [-0.39, 0.29) is 23.5 Å². The Balaban J connectivity index is 1.79. The third-order valence-electron chi connectivity index (χ3n) is 3.45. The molecule has 0 radical (unpaired) electrons. The van der Waals surface area contributed by atoms with Gasteiger partial charge in [0.25, 0.3) is 5.56 Å². The molecule has 0 aliphatic carbocycles. The van der Waals surface area contributed by atoms with Crippen LogP contribution in [0, 0.1) is 0 Å². The zero-order chi connectivity index (χ0) is 18.0. The van der Waals surface area contributed by atoms with Crippen LogP contribution < -0.4 is 10.3 Å².